The molecule has 0 spiro atoms. The van der Waals surface area contributed by atoms with Gasteiger partial charge in [-0.15, -0.1) is 0 Å². The predicted octanol–water partition coefficient (Wildman–Crippen LogP) is 7.77. The van der Waals surface area contributed by atoms with Crippen molar-refractivity contribution in [2.45, 2.75) is 38.5 Å². The Morgan fingerprint density at radius 3 is 1.26 bits per heavy atom. The number of imidazole rings is 2. The van der Waals surface area contributed by atoms with E-state index in [1.54, 1.807) is 0 Å². The summed E-state index contributed by atoms with van der Waals surface area (Å²) in [6.45, 7) is 8.26. The van der Waals surface area contributed by atoms with E-state index in [9.17, 15) is 10.2 Å². The van der Waals surface area contributed by atoms with Gasteiger partial charge in [0.25, 0.3) is 0 Å². The second-order valence-electron chi connectivity index (χ2n) is 12.0. The van der Waals surface area contributed by atoms with Crippen LogP contribution < -0.4 is 0 Å². The van der Waals surface area contributed by atoms with Gasteiger partial charge in [-0.25, -0.2) is 9.97 Å². The number of rotatable bonds is 2. The Bertz CT molecular complexity index is 1810. The van der Waals surface area contributed by atoms with E-state index in [1.165, 1.54) is 0 Å². The molecule has 4 aromatic carbocycles. The average Bonchev–Trinajstić information content (AvgIpc) is 3.65. The zero-order chi connectivity index (χ0) is 29.2. The summed E-state index contributed by atoms with van der Waals surface area (Å²) in [6.07, 6.45) is 3.95. The summed E-state index contributed by atoms with van der Waals surface area (Å²) in [5, 5.41) is 23.8. The van der Waals surface area contributed by atoms with Crippen molar-refractivity contribution in [1.29, 1.82) is 0 Å². The Balaban J connectivity index is 0.00000329. The van der Waals surface area contributed by atoms with Crippen molar-refractivity contribution in [3.05, 3.63) is 132 Å². The van der Waals surface area contributed by atoms with Gasteiger partial charge in [0.2, 0.25) is 0 Å². The van der Waals surface area contributed by atoms with E-state index >= 15 is 0 Å². The normalized spacial score (nSPS) is 14.4. The smallest absolute Gasteiger partial charge is 0.129 e. The van der Waals surface area contributed by atoms with Gasteiger partial charge in [-0.3, -0.25) is 0 Å². The molecule has 0 atom stereocenters. The van der Waals surface area contributed by atoms with Crippen molar-refractivity contribution in [3.63, 3.8) is 0 Å². The van der Waals surface area contributed by atoms with Crippen LogP contribution in [0.3, 0.4) is 0 Å². The quantitative estimate of drug-likeness (QED) is 0.195. The summed E-state index contributed by atoms with van der Waals surface area (Å²) in [7, 11) is 0. The SMILES string of the molecule is CC1(C)c2cccc(c2O)-c2cn(-c3ccccc3)c(n2)C(C)(C)c2cccc(c2O)-c2cn(-c3ccccc3)c1n2.[Zn]. The number of hydrogen-bond acceptors (Lipinski definition) is 4. The van der Waals surface area contributed by atoms with Crippen LogP contribution in [0, 0.1) is 0 Å². The van der Waals surface area contributed by atoms with Crippen LogP contribution in [-0.2, 0) is 30.3 Å². The van der Waals surface area contributed by atoms with Gasteiger partial charge in [0.05, 0.1) is 22.2 Å². The molecule has 0 saturated carbocycles. The number of fused-ring (bicyclic) bond motifs is 10. The first-order valence-corrected chi connectivity index (χ1v) is 14.1. The molecule has 1 aliphatic heterocycles. The van der Waals surface area contributed by atoms with Crippen LogP contribution in [0.1, 0.15) is 50.5 Å². The molecular formula is C36H32N4O2Zn. The molecule has 6 nitrogen and oxygen atoms in total. The third kappa shape index (κ3) is 4.42. The van der Waals surface area contributed by atoms with Gasteiger partial charge >= 0.3 is 0 Å². The maximum atomic E-state index is 11.9. The molecular weight excluding hydrogens is 586 g/mol. The summed E-state index contributed by atoms with van der Waals surface area (Å²) in [5.41, 5.74) is 4.51. The van der Waals surface area contributed by atoms with Crippen LogP contribution in [0.25, 0.3) is 33.9 Å². The van der Waals surface area contributed by atoms with E-state index in [0.29, 0.717) is 22.5 Å². The third-order valence-corrected chi connectivity index (χ3v) is 8.57. The van der Waals surface area contributed by atoms with E-state index < -0.39 is 10.8 Å². The van der Waals surface area contributed by atoms with Crippen LogP contribution in [0.5, 0.6) is 11.5 Å². The number of phenols is 2. The molecule has 0 unspecified atom stereocenters. The van der Waals surface area contributed by atoms with Gasteiger partial charge in [0, 0.05) is 65.5 Å². The van der Waals surface area contributed by atoms with Crippen LogP contribution in [0.15, 0.2) is 109 Å². The van der Waals surface area contributed by atoms with Gasteiger partial charge < -0.3 is 19.3 Å². The average molecular weight is 618 g/mol. The number of aromatic hydroxyl groups is 2. The molecule has 2 aromatic heterocycles. The molecule has 3 heterocycles. The van der Waals surface area contributed by atoms with Crippen molar-refractivity contribution in [1.82, 2.24) is 19.1 Å². The first-order chi connectivity index (χ1) is 20.2. The zero-order valence-corrected chi connectivity index (χ0v) is 27.7. The molecule has 1 aliphatic rings. The topological polar surface area (TPSA) is 76.1 Å². The molecule has 7 rings (SSSR count). The van der Waals surface area contributed by atoms with Crippen LogP contribution in [-0.4, -0.2) is 29.3 Å². The van der Waals surface area contributed by atoms with Gasteiger partial charge in [0.15, 0.2) is 0 Å². The standard InChI is InChI=1S/C36H32N4O2.Zn/c1-35(2)27-19-11-17-25(31(27)41)30-22-40(24-15-9-6-10-16-24)34(38-30)36(3,4)28-20-12-18-26(32(28)42)29-21-39(33(35)37-29)23-13-7-5-8-14-23;/h5-22,41-42H,1-4H3;. The fourth-order valence-corrected chi connectivity index (χ4v) is 6.22. The fraction of sp³-hybridized carbons (Fsp3) is 0.167. The molecule has 7 heteroatoms. The number of aromatic nitrogens is 4. The van der Waals surface area contributed by atoms with Crippen LogP contribution in [0.4, 0.5) is 0 Å². The molecule has 2 N–H and O–H groups in total. The third-order valence-electron chi connectivity index (χ3n) is 8.57. The van der Waals surface area contributed by atoms with Crippen molar-refractivity contribution < 1.29 is 29.7 Å². The summed E-state index contributed by atoms with van der Waals surface area (Å²) >= 11 is 0. The van der Waals surface area contributed by atoms with E-state index in [0.717, 1.165) is 34.2 Å². The maximum absolute atomic E-state index is 11.9. The molecule has 0 aliphatic carbocycles. The molecule has 0 saturated heterocycles. The van der Waals surface area contributed by atoms with Gasteiger partial charge in [-0.05, 0) is 64.1 Å². The number of hydrogen-bond donors (Lipinski definition) is 2. The molecule has 210 valence electrons. The van der Waals surface area contributed by atoms with Crippen molar-refractivity contribution in [2.24, 2.45) is 0 Å². The number of phenolic OH excluding ortho intramolecular Hbond substituents is 2. The van der Waals surface area contributed by atoms with Gasteiger partial charge in [0.1, 0.15) is 23.1 Å². The van der Waals surface area contributed by atoms with E-state index in [4.69, 9.17) is 9.97 Å². The van der Waals surface area contributed by atoms with E-state index in [-0.39, 0.29) is 31.0 Å². The number of para-hydroxylation sites is 4. The van der Waals surface area contributed by atoms with Crippen molar-refractivity contribution >= 4 is 0 Å². The Labute approximate surface area is 264 Å². The Hall–Kier alpha value is -4.48. The maximum Gasteiger partial charge on any atom is 0.129 e. The largest absolute Gasteiger partial charge is 0.507 e. The van der Waals surface area contributed by atoms with Crippen LogP contribution in [0.2, 0.25) is 0 Å². The Morgan fingerprint density at radius 2 is 0.884 bits per heavy atom. The van der Waals surface area contributed by atoms with Gasteiger partial charge in [-0.2, -0.15) is 0 Å². The monoisotopic (exact) mass is 616 g/mol. The fourth-order valence-electron chi connectivity index (χ4n) is 6.22. The zero-order valence-electron chi connectivity index (χ0n) is 24.8. The Morgan fingerprint density at radius 1 is 0.512 bits per heavy atom. The van der Waals surface area contributed by atoms with Crippen molar-refractivity contribution in [3.8, 4) is 45.4 Å². The summed E-state index contributed by atoms with van der Waals surface area (Å²) in [4.78, 5) is 10.3. The number of benzene rings is 4. The second kappa shape index (κ2) is 10.4. The van der Waals surface area contributed by atoms with Gasteiger partial charge in [-0.1, -0.05) is 60.7 Å². The molecule has 6 aromatic rings. The van der Waals surface area contributed by atoms with E-state index in [1.807, 2.05) is 109 Å². The summed E-state index contributed by atoms with van der Waals surface area (Å²) in [5.74, 6) is 1.83. The molecule has 0 amide bonds. The minimum absolute atomic E-state index is 0. The van der Waals surface area contributed by atoms with Crippen molar-refractivity contribution in [2.75, 3.05) is 0 Å². The molecule has 0 fully saturated rings. The second-order valence-corrected chi connectivity index (χ2v) is 12.0. The Kier molecular flexibility index (Phi) is 6.90. The first-order valence-electron chi connectivity index (χ1n) is 14.1. The molecule has 0 radical (unpaired) electrons. The number of nitrogens with zero attached hydrogens (tertiary/aromatic N) is 4. The molecule has 43 heavy (non-hydrogen) atoms. The first kappa shape index (κ1) is 28.6. The molecule has 8 bridgehead atoms. The van der Waals surface area contributed by atoms with E-state index in [2.05, 4.69) is 36.8 Å². The minimum Gasteiger partial charge on any atom is -0.507 e. The minimum atomic E-state index is -0.713. The predicted molar refractivity (Wildman–Crippen MR) is 166 cm³/mol. The summed E-state index contributed by atoms with van der Waals surface area (Å²) < 4.78 is 4.11. The van der Waals surface area contributed by atoms with Crippen LogP contribution >= 0.6 is 0 Å². The summed E-state index contributed by atoms with van der Waals surface area (Å²) in [6, 6.07) is 31.7.